The Morgan fingerprint density at radius 3 is 2.62 bits per heavy atom. The predicted molar refractivity (Wildman–Crippen MR) is 113 cm³/mol. The number of piperazine rings is 1. The number of nitrogens with zero attached hydrogens (tertiary/aromatic N) is 4. The number of halogens is 1. The molecule has 0 atom stereocenters. The van der Waals surface area contributed by atoms with E-state index in [1.807, 2.05) is 28.0 Å². The van der Waals surface area contributed by atoms with Gasteiger partial charge in [-0.2, -0.15) is 0 Å². The Balaban J connectivity index is 1.37. The van der Waals surface area contributed by atoms with Crippen LogP contribution < -0.4 is 0 Å². The zero-order valence-corrected chi connectivity index (χ0v) is 18.0. The Morgan fingerprint density at radius 2 is 1.93 bits per heavy atom. The number of imidazole rings is 1. The molecule has 1 saturated heterocycles. The molecule has 2 fully saturated rings. The molecule has 2 heterocycles. The molecule has 4 rings (SSSR count). The Kier molecular flexibility index (Phi) is 6.32. The van der Waals surface area contributed by atoms with Crippen molar-refractivity contribution >= 4 is 46.2 Å². The van der Waals surface area contributed by atoms with Crippen molar-refractivity contribution < 1.29 is 14.3 Å². The van der Waals surface area contributed by atoms with Crippen LogP contribution in [0, 0.1) is 5.92 Å². The third-order valence-corrected chi connectivity index (χ3v) is 6.59. The lowest BCUT2D eigenvalue weighted by atomic mass is 10.2. The van der Waals surface area contributed by atoms with Crippen molar-refractivity contribution in [3.8, 4) is 0 Å². The number of fused-ring (bicyclic) bond motifs is 1. The van der Waals surface area contributed by atoms with E-state index in [1.165, 1.54) is 11.8 Å². The number of hydrogen-bond donors (Lipinski definition) is 0. The molecule has 1 aliphatic carbocycles. The maximum Gasteiger partial charge on any atom is 0.233 e. The summed E-state index contributed by atoms with van der Waals surface area (Å²) in [5.74, 6) is 0.899. The van der Waals surface area contributed by atoms with E-state index >= 15 is 0 Å². The van der Waals surface area contributed by atoms with Crippen molar-refractivity contribution in [1.82, 2.24) is 19.4 Å². The number of methoxy groups -OCH3 is 1. The third-order valence-electron chi connectivity index (χ3n) is 5.39. The Morgan fingerprint density at radius 1 is 1.21 bits per heavy atom. The molecule has 2 amide bonds. The lowest BCUT2D eigenvalue weighted by molar-refractivity contribution is -0.139. The summed E-state index contributed by atoms with van der Waals surface area (Å²) in [6, 6.07) is 5.63. The van der Waals surface area contributed by atoms with Gasteiger partial charge in [-0.25, -0.2) is 4.98 Å². The minimum atomic E-state index is 0.0805. The molecular formula is C20H25ClN4O3S. The monoisotopic (exact) mass is 436 g/mol. The van der Waals surface area contributed by atoms with Crippen LogP contribution in [0.25, 0.3) is 11.0 Å². The summed E-state index contributed by atoms with van der Waals surface area (Å²) in [6.07, 6.45) is 2.04. The molecule has 1 aromatic heterocycles. The van der Waals surface area contributed by atoms with Crippen LogP contribution in [0.5, 0.6) is 0 Å². The summed E-state index contributed by atoms with van der Waals surface area (Å²) in [5.41, 5.74) is 1.80. The molecule has 1 saturated carbocycles. The van der Waals surface area contributed by atoms with Crippen molar-refractivity contribution in [3.63, 3.8) is 0 Å². The summed E-state index contributed by atoms with van der Waals surface area (Å²) >= 11 is 7.54. The lowest BCUT2D eigenvalue weighted by Crippen LogP contribution is -2.51. The molecule has 0 unspecified atom stereocenters. The van der Waals surface area contributed by atoms with Gasteiger partial charge >= 0.3 is 0 Å². The summed E-state index contributed by atoms with van der Waals surface area (Å²) in [7, 11) is 1.67. The summed E-state index contributed by atoms with van der Waals surface area (Å²) in [4.78, 5) is 33.3. The number of carbonyl (C=O) groups excluding carboxylic acids is 2. The molecule has 7 nitrogen and oxygen atoms in total. The van der Waals surface area contributed by atoms with Crippen molar-refractivity contribution in [2.75, 3.05) is 45.6 Å². The number of hydrogen-bond acceptors (Lipinski definition) is 5. The van der Waals surface area contributed by atoms with Crippen molar-refractivity contribution in [3.05, 3.63) is 23.2 Å². The quantitative estimate of drug-likeness (QED) is 0.624. The largest absolute Gasteiger partial charge is 0.383 e. The molecule has 0 N–H and O–H groups in total. The molecule has 29 heavy (non-hydrogen) atoms. The molecule has 2 aliphatic rings. The first kappa shape index (κ1) is 20.5. The first-order valence-corrected chi connectivity index (χ1v) is 11.3. The van der Waals surface area contributed by atoms with Crippen LogP contribution in [0.3, 0.4) is 0 Å². The third kappa shape index (κ3) is 4.70. The number of aromatic nitrogens is 2. The van der Waals surface area contributed by atoms with Crippen molar-refractivity contribution in [2.24, 2.45) is 5.92 Å². The highest BCUT2D eigenvalue weighted by Gasteiger charge is 2.35. The smallest absolute Gasteiger partial charge is 0.233 e. The molecule has 2 aromatic rings. The fourth-order valence-electron chi connectivity index (χ4n) is 3.57. The van der Waals surface area contributed by atoms with Gasteiger partial charge in [0.25, 0.3) is 0 Å². The van der Waals surface area contributed by atoms with Gasteiger partial charge in [0, 0.05) is 50.8 Å². The van der Waals surface area contributed by atoms with E-state index in [9.17, 15) is 9.59 Å². The molecule has 1 aromatic carbocycles. The highest BCUT2D eigenvalue weighted by atomic mass is 35.5. The number of benzene rings is 1. The molecule has 1 aliphatic heterocycles. The minimum Gasteiger partial charge on any atom is -0.383 e. The van der Waals surface area contributed by atoms with Gasteiger partial charge in [-0.05, 0) is 31.0 Å². The molecular weight excluding hydrogens is 412 g/mol. The standard InChI is InChI=1S/C20H25ClN4O3S/c1-28-11-10-25-17-5-4-15(21)12-16(17)22-20(25)29-13-18(26)23-6-8-24(9-7-23)19(27)14-2-3-14/h4-5,12,14H,2-3,6-11,13H2,1H3. The van der Waals surface area contributed by atoms with Gasteiger partial charge in [0.15, 0.2) is 5.16 Å². The van der Waals surface area contributed by atoms with E-state index in [1.54, 1.807) is 7.11 Å². The van der Waals surface area contributed by atoms with E-state index < -0.39 is 0 Å². The molecule has 0 radical (unpaired) electrons. The number of ether oxygens (including phenoxy) is 1. The fourth-order valence-corrected chi connectivity index (χ4v) is 4.68. The number of carbonyl (C=O) groups is 2. The fraction of sp³-hybridized carbons (Fsp3) is 0.550. The Bertz CT molecular complexity index is 907. The summed E-state index contributed by atoms with van der Waals surface area (Å²) in [5, 5.41) is 1.43. The summed E-state index contributed by atoms with van der Waals surface area (Å²) < 4.78 is 7.29. The van der Waals surface area contributed by atoms with Crippen LogP contribution in [0.15, 0.2) is 23.4 Å². The van der Waals surface area contributed by atoms with Crippen LogP contribution in [-0.2, 0) is 20.9 Å². The predicted octanol–water partition coefficient (Wildman–Crippen LogP) is 2.51. The lowest BCUT2D eigenvalue weighted by Gasteiger charge is -2.34. The number of rotatable bonds is 7. The van der Waals surface area contributed by atoms with Gasteiger partial charge in [-0.1, -0.05) is 23.4 Å². The Hall–Kier alpha value is -1.77. The molecule has 0 bridgehead atoms. The normalized spacial score (nSPS) is 17.2. The summed E-state index contributed by atoms with van der Waals surface area (Å²) in [6.45, 7) is 3.70. The van der Waals surface area contributed by atoms with Crippen LogP contribution in [0.4, 0.5) is 0 Å². The average Bonchev–Trinajstić information content (AvgIpc) is 3.52. The van der Waals surface area contributed by atoms with Gasteiger partial charge < -0.3 is 19.1 Å². The van der Waals surface area contributed by atoms with Gasteiger partial charge in [0.05, 0.1) is 23.4 Å². The maximum atomic E-state index is 12.7. The second-order valence-electron chi connectivity index (χ2n) is 7.44. The SMILES string of the molecule is COCCn1c(SCC(=O)N2CCN(C(=O)C3CC3)CC2)nc2cc(Cl)ccc21. The highest BCUT2D eigenvalue weighted by molar-refractivity contribution is 7.99. The van der Waals surface area contributed by atoms with Gasteiger partial charge in [0.2, 0.25) is 11.8 Å². The zero-order valence-electron chi connectivity index (χ0n) is 16.5. The van der Waals surface area contributed by atoms with Crippen LogP contribution in [-0.4, -0.2) is 76.8 Å². The Labute approximate surface area is 179 Å². The van der Waals surface area contributed by atoms with Crippen LogP contribution >= 0.6 is 23.4 Å². The first-order chi connectivity index (χ1) is 14.1. The van der Waals surface area contributed by atoms with Crippen molar-refractivity contribution in [1.29, 1.82) is 0 Å². The zero-order chi connectivity index (χ0) is 20.4. The van der Waals surface area contributed by atoms with Crippen molar-refractivity contribution in [2.45, 2.75) is 24.5 Å². The van der Waals surface area contributed by atoms with E-state index in [0.29, 0.717) is 50.1 Å². The van der Waals surface area contributed by atoms with Crippen LogP contribution in [0.2, 0.25) is 5.02 Å². The van der Waals surface area contributed by atoms with E-state index in [0.717, 1.165) is 29.0 Å². The van der Waals surface area contributed by atoms with E-state index in [4.69, 9.17) is 16.3 Å². The minimum absolute atomic E-state index is 0.0805. The molecule has 156 valence electrons. The highest BCUT2D eigenvalue weighted by Crippen LogP contribution is 2.31. The van der Waals surface area contributed by atoms with Gasteiger partial charge in [0.1, 0.15) is 0 Å². The van der Waals surface area contributed by atoms with Gasteiger partial charge in [-0.3, -0.25) is 9.59 Å². The topological polar surface area (TPSA) is 67.7 Å². The van der Waals surface area contributed by atoms with Gasteiger partial charge in [-0.15, -0.1) is 0 Å². The van der Waals surface area contributed by atoms with E-state index in [-0.39, 0.29) is 17.7 Å². The second-order valence-corrected chi connectivity index (χ2v) is 8.82. The first-order valence-electron chi connectivity index (χ1n) is 9.91. The van der Waals surface area contributed by atoms with E-state index in [2.05, 4.69) is 9.55 Å². The second kappa shape index (κ2) is 8.93. The number of thioether (sulfide) groups is 1. The van der Waals surface area contributed by atoms with Crippen LogP contribution in [0.1, 0.15) is 12.8 Å². The maximum absolute atomic E-state index is 12.7. The molecule has 9 heteroatoms. The number of amides is 2. The molecule has 0 spiro atoms. The average molecular weight is 437 g/mol.